The maximum atomic E-state index is 9.38. The van der Waals surface area contributed by atoms with Crippen molar-refractivity contribution >= 4 is 13.2 Å². The van der Waals surface area contributed by atoms with Gasteiger partial charge in [0.05, 0.1) is 0 Å². The van der Waals surface area contributed by atoms with Crippen molar-refractivity contribution in [2.24, 2.45) is 0 Å². The summed E-state index contributed by atoms with van der Waals surface area (Å²) in [6.45, 7) is 6.07. The van der Waals surface area contributed by atoms with Crippen LogP contribution in [-0.4, -0.2) is 14.7 Å². The van der Waals surface area contributed by atoms with Crippen molar-refractivity contribution in [3.8, 4) is 0 Å². The van der Waals surface area contributed by atoms with E-state index in [1.165, 1.54) is 0 Å². The topological polar surface area (TPSA) is 60.7 Å². The molecule has 86 valence electrons. The summed E-state index contributed by atoms with van der Waals surface area (Å²) in [6, 6.07) is 6.97. The Balaban J connectivity index is 3.31. The van der Waals surface area contributed by atoms with E-state index in [0.717, 1.165) is 12.0 Å². The summed E-state index contributed by atoms with van der Waals surface area (Å²) in [5.74, 6) is 0. The Labute approximate surface area is 91.0 Å². The number of hydrogen-bond donors (Lipinski definition) is 3. The third kappa shape index (κ3) is 2.76. The predicted molar refractivity (Wildman–Crippen MR) is 64.4 cm³/mol. The predicted octanol–water partition coefficient (Wildman–Crippen LogP) is 1.47. The van der Waals surface area contributed by atoms with Gasteiger partial charge in [-0.15, -0.1) is 0 Å². The molecule has 15 heavy (non-hydrogen) atoms. The summed E-state index contributed by atoms with van der Waals surface area (Å²) in [5.41, 5.74) is 0.648. The van der Waals surface area contributed by atoms with Crippen LogP contribution in [0.1, 0.15) is 32.8 Å². The van der Waals surface area contributed by atoms with Gasteiger partial charge in [-0.25, -0.2) is 0 Å². The molecule has 0 amide bonds. The molecule has 0 atom stereocenters. The first kappa shape index (κ1) is 12.6. The fourth-order valence-corrected chi connectivity index (χ4v) is 2.66. The van der Waals surface area contributed by atoms with Crippen molar-refractivity contribution in [1.29, 1.82) is 0 Å². The zero-order valence-electron chi connectivity index (χ0n) is 9.36. The number of benzene rings is 1. The van der Waals surface area contributed by atoms with Gasteiger partial charge < -0.3 is 0 Å². The van der Waals surface area contributed by atoms with Gasteiger partial charge in [-0.3, -0.25) is 0 Å². The first-order valence-corrected chi connectivity index (χ1v) is 6.90. The summed E-state index contributed by atoms with van der Waals surface area (Å²) < 4.78 is 0. The van der Waals surface area contributed by atoms with Gasteiger partial charge in [0.1, 0.15) is 0 Å². The molecule has 3 nitrogen and oxygen atoms in total. The van der Waals surface area contributed by atoms with E-state index in [-0.39, 0.29) is 10.7 Å². The van der Waals surface area contributed by atoms with Crippen LogP contribution in [0.25, 0.3) is 0 Å². The average molecular weight is 230 g/mol. The van der Waals surface area contributed by atoms with Crippen LogP contribution in [0.15, 0.2) is 24.3 Å². The number of rotatable bonds is 3. The molecule has 0 aliphatic heterocycles. The molecule has 0 bridgehead atoms. The quantitative estimate of drug-likeness (QED) is 0.689. The average Bonchev–Trinajstić information content (AvgIpc) is 2.16. The Morgan fingerprint density at radius 3 is 2.13 bits per heavy atom. The van der Waals surface area contributed by atoms with Crippen molar-refractivity contribution < 1.29 is 14.7 Å². The van der Waals surface area contributed by atoms with Crippen molar-refractivity contribution in [1.82, 2.24) is 0 Å². The van der Waals surface area contributed by atoms with Gasteiger partial charge in [0, 0.05) is 0 Å². The molecule has 0 saturated carbocycles. The van der Waals surface area contributed by atoms with E-state index >= 15 is 0 Å². The molecule has 0 radical (unpaired) electrons. The zero-order valence-corrected chi connectivity index (χ0v) is 10.4. The zero-order chi connectivity index (χ0) is 11.7. The van der Waals surface area contributed by atoms with Crippen LogP contribution in [-0.2, 0) is 5.41 Å². The van der Waals surface area contributed by atoms with E-state index in [2.05, 4.69) is 0 Å². The molecule has 1 rings (SSSR count). The summed E-state index contributed by atoms with van der Waals surface area (Å²) in [6.07, 6.45) is 0.870. The van der Waals surface area contributed by atoms with Gasteiger partial charge in [0.25, 0.3) is 0 Å². The molecule has 0 saturated heterocycles. The van der Waals surface area contributed by atoms with E-state index in [1.54, 1.807) is 12.1 Å². The molecule has 0 aliphatic carbocycles. The van der Waals surface area contributed by atoms with Crippen LogP contribution < -0.4 is 5.30 Å². The van der Waals surface area contributed by atoms with Crippen molar-refractivity contribution in [3.05, 3.63) is 29.8 Å². The normalized spacial score (nSPS) is 14.0. The van der Waals surface area contributed by atoms with E-state index in [0.29, 0.717) is 0 Å². The SMILES string of the molecule is CCC(C)(C)c1ccccc1[PH](O)(O)O. The Morgan fingerprint density at radius 1 is 1.13 bits per heavy atom. The first-order chi connectivity index (χ1) is 6.79. The van der Waals surface area contributed by atoms with E-state index < -0.39 is 7.94 Å². The van der Waals surface area contributed by atoms with Gasteiger partial charge in [-0.1, -0.05) is 0 Å². The molecule has 0 aliphatic rings. The van der Waals surface area contributed by atoms with Crippen LogP contribution in [0.5, 0.6) is 0 Å². The van der Waals surface area contributed by atoms with Crippen molar-refractivity contribution in [2.45, 2.75) is 32.6 Å². The first-order valence-electron chi connectivity index (χ1n) is 5.06. The van der Waals surface area contributed by atoms with E-state index in [9.17, 15) is 14.7 Å². The van der Waals surface area contributed by atoms with Gasteiger partial charge in [-0.2, -0.15) is 0 Å². The minimum absolute atomic E-state index is 0.164. The van der Waals surface area contributed by atoms with Crippen LogP contribution in [0, 0.1) is 0 Å². The third-order valence-corrected chi connectivity index (χ3v) is 4.06. The second-order valence-corrected chi connectivity index (χ2v) is 6.23. The molecule has 4 heteroatoms. The molecule has 0 aromatic heterocycles. The summed E-state index contributed by atoms with van der Waals surface area (Å²) in [7, 11) is -4.20. The van der Waals surface area contributed by atoms with Gasteiger partial charge >= 0.3 is 90.4 Å². The van der Waals surface area contributed by atoms with Crippen LogP contribution in [0.3, 0.4) is 0 Å². The fourth-order valence-electron chi connectivity index (χ4n) is 1.56. The Kier molecular flexibility index (Phi) is 3.51. The Morgan fingerprint density at radius 2 is 1.67 bits per heavy atom. The third-order valence-electron chi connectivity index (χ3n) is 2.90. The number of hydrogen-bond acceptors (Lipinski definition) is 3. The molecule has 1 aromatic rings. The summed E-state index contributed by atoms with van der Waals surface area (Å²) >= 11 is 0. The van der Waals surface area contributed by atoms with E-state index in [1.807, 2.05) is 32.9 Å². The molecule has 0 unspecified atom stereocenters. The van der Waals surface area contributed by atoms with Crippen LogP contribution in [0.4, 0.5) is 0 Å². The minimum atomic E-state index is -4.20. The van der Waals surface area contributed by atoms with Gasteiger partial charge in [-0.05, 0) is 0 Å². The van der Waals surface area contributed by atoms with Crippen LogP contribution in [0.2, 0.25) is 0 Å². The molecular weight excluding hydrogens is 211 g/mol. The second-order valence-electron chi connectivity index (χ2n) is 4.42. The molecule has 0 fully saturated rings. The van der Waals surface area contributed by atoms with Crippen LogP contribution >= 0.6 is 7.94 Å². The molecule has 1 aromatic carbocycles. The van der Waals surface area contributed by atoms with Gasteiger partial charge in [0.2, 0.25) is 0 Å². The monoisotopic (exact) mass is 230 g/mol. The molecule has 0 heterocycles. The van der Waals surface area contributed by atoms with Crippen molar-refractivity contribution in [3.63, 3.8) is 0 Å². The maximum absolute atomic E-state index is 9.38. The molecule has 0 spiro atoms. The molecule has 3 N–H and O–H groups in total. The summed E-state index contributed by atoms with van der Waals surface area (Å²) in [4.78, 5) is 28.1. The Hall–Kier alpha value is -0.470. The van der Waals surface area contributed by atoms with Gasteiger partial charge in [0.15, 0.2) is 0 Å². The van der Waals surface area contributed by atoms with Crippen molar-refractivity contribution in [2.75, 3.05) is 0 Å². The summed E-state index contributed by atoms with van der Waals surface area (Å²) in [5, 5.41) is 0.289. The molecular formula is C11H19O3P. The standard InChI is InChI=1S/C11H19O3P/c1-4-11(2,3)9-7-5-6-8-10(9)15(12,13)14/h5-8,12-15H,4H2,1-3H3. The fraction of sp³-hybridized carbons (Fsp3) is 0.455. The second kappa shape index (κ2) is 4.18. The van der Waals surface area contributed by atoms with E-state index in [4.69, 9.17) is 0 Å². The Bertz CT molecular complexity index is 342.